The molecule has 30 heavy (non-hydrogen) atoms. The Morgan fingerprint density at radius 2 is 1.47 bits per heavy atom. The van der Waals surface area contributed by atoms with Crippen molar-refractivity contribution < 1.29 is 39.0 Å². The van der Waals surface area contributed by atoms with E-state index in [0.29, 0.717) is 5.75 Å². The van der Waals surface area contributed by atoms with E-state index in [9.17, 15) is 33.9 Å². The van der Waals surface area contributed by atoms with E-state index in [0.717, 1.165) is 0 Å². The van der Waals surface area contributed by atoms with Crippen LogP contribution < -0.4 is 27.4 Å². The largest absolute Gasteiger partial charge is 0.481 e. The van der Waals surface area contributed by atoms with E-state index in [4.69, 9.17) is 16.6 Å². The van der Waals surface area contributed by atoms with Crippen molar-refractivity contribution in [2.45, 2.75) is 43.8 Å². The summed E-state index contributed by atoms with van der Waals surface area (Å²) in [6, 6.07) is -4.15. The quantitative estimate of drug-likeness (QED) is 0.134. The molecule has 0 aromatic rings. The molecule has 4 amide bonds. The molecule has 0 aliphatic rings. The number of thioether (sulfide) groups is 1. The van der Waals surface area contributed by atoms with Crippen LogP contribution in [0.4, 0.5) is 0 Å². The first-order valence-electron chi connectivity index (χ1n) is 8.83. The van der Waals surface area contributed by atoms with Gasteiger partial charge in [-0.1, -0.05) is 0 Å². The van der Waals surface area contributed by atoms with Gasteiger partial charge in [-0.25, -0.2) is 4.79 Å². The van der Waals surface area contributed by atoms with Crippen molar-refractivity contribution in [1.82, 2.24) is 16.0 Å². The molecule has 3 atom stereocenters. The number of carboxylic acid groups (broad SMARTS) is 2. The zero-order valence-electron chi connectivity index (χ0n) is 16.4. The van der Waals surface area contributed by atoms with Gasteiger partial charge in [-0.3, -0.25) is 24.0 Å². The lowest BCUT2D eigenvalue weighted by Crippen LogP contribution is -2.56. The first-order valence-corrected chi connectivity index (χ1v) is 10.2. The van der Waals surface area contributed by atoms with Crippen molar-refractivity contribution in [3.05, 3.63) is 0 Å². The summed E-state index contributed by atoms with van der Waals surface area (Å²) in [5.41, 5.74) is 10.2. The lowest BCUT2D eigenvalue weighted by molar-refractivity contribution is -0.143. The van der Waals surface area contributed by atoms with Gasteiger partial charge in [-0.15, -0.1) is 0 Å². The van der Waals surface area contributed by atoms with Crippen LogP contribution in [0.1, 0.15) is 25.7 Å². The first kappa shape index (κ1) is 27.1. The second kappa shape index (κ2) is 14.2. The Morgan fingerprint density at radius 3 is 1.93 bits per heavy atom. The van der Waals surface area contributed by atoms with E-state index in [2.05, 4.69) is 16.0 Å². The van der Waals surface area contributed by atoms with E-state index in [1.54, 1.807) is 6.26 Å². The molecule has 0 radical (unpaired) electrons. The fourth-order valence-electron chi connectivity index (χ4n) is 2.23. The third kappa shape index (κ3) is 11.2. The van der Waals surface area contributed by atoms with Crippen molar-refractivity contribution in [2.24, 2.45) is 11.5 Å². The smallest absolute Gasteiger partial charge is 0.326 e. The molecule has 0 fully saturated rings. The standard InChI is InChI=1S/C16H27N5O8S/c1-30-5-4-9(16(28)29)21-14(26)8(2-3-11(18)22)20-15(27)10(6-13(24)25)19-12(23)7-17/h8-10H,2-7,17H2,1H3,(H2,18,22)(H,19,23)(H,20,27)(H,21,26)(H,24,25)(H,28,29). The van der Waals surface area contributed by atoms with Crippen LogP contribution in [-0.2, 0) is 28.8 Å². The molecule has 0 spiro atoms. The number of carbonyl (C=O) groups is 6. The predicted octanol–water partition coefficient (Wildman–Crippen LogP) is -3.02. The summed E-state index contributed by atoms with van der Waals surface area (Å²) >= 11 is 1.37. The van der Waals surface area contributed by atoms with E-state index >= 15 is 0 Å². The molecule has 0 aliphatic carbocycles. The van der Waals surface area contributed by atoms with Gasteiger partial charge in [0, 0.05) is 6.42 Å². The lowest BCUT2D eigenvalue weighted by Gasteiger charge is -2.23. The van der Waals surface area contributed by atoms with Crippen molar-refractivity contribution >= 4 is 47.3 Å². The minimum Gasteiger partial charge on any atom is -0.481 e. The van der Waals surface area contributed by atoms with Crippen LogP contribution in [0.3, 0.4) is 0 Å². The van der Waals surface area contributed by atoms with Crippen molar-refractivity contribution in [3.8, 4) is 0 Å². The number of aliphatic carboxylic acids is 2. The lowest BCUT2D eigenvalue weighted by atomic mass is 10.1. The van der Waals surface area contributed by atoms with Crippen LogP contribution in [0.25, 0.3) is 0 Å². The highest BCUT2D eigenvalue weighted by Gasteiger charge is 2.30. The first-order chi connectivity index (χ1) is 14.0. The Hall–Kier alpha value is -2.87. The van der Waals surface area contributed by atoms with E-state index in [1.165, 1.54) is 11.8 Å². The highest BCUT2D eigenvalue weighted by Crippen LogP contribution is 2.05. The molecule has 0 aromatic carbocycles. The van der Waals surface area contributed by atoms with Crippen LogP contribution >= 0.6 is 11.8 Å². The zero-order chi connectivity index (χ0) is 23.3. The Morgan fingerprint density at radius 1 is 0.900 bits per heavy atom. The molecular weight excluding hydrogens is 422 g/mol. The fraction of sp³-hybridized carbons (Fsp3) is 0.625. The summed E-state index contributed by atoms with van der Waals surface area (Å²) in [4.78, 5) is 69.8. The predicted molar refractivity (Wildman–Crippen MR) is 106 cm³/mol. The van der Waals surface area contributed by atoms with E-state index < -0.39 is 66.7 Å². The minimum absolute atomic E-state index is 0.118. The summed E-state index contributed by atoms with van der Waals surface area (Å²) in [6.07, 6.45) is 0.529. The summed E-state index contributed by atoms with van der Waals surface area (Å²) in [5.74, 6) is -5.70. The third-order valence-electron chi connectivity index (χ3n) is 3.75. The number of primary amides is 1. The maximum atomic E-state index is 12.5. The number of hydrogen-bond acceptors (Lipinski definition) is 8. The molecule has 0 rings (SSSR count). The number of carboxylic acids is 2. The topological polar surface area (TPSA) is 231 Å². The average Bonchev–Trinajstić information content (AvgIpc) is 2.66. The average molecular weight is 449 g/mol. The van der Waals surface area contributed by atoms with Crippen LogP contribution in [0.5, 0.6) is 0 Å². The van der Waals surface area contributed by atoms with Gasteiger partial charge in [-0.2, -0.15) is 11.8 Å². The highest BCUT2D eigenvalue weighted by atomic mass is 32.2. The molecule has 14 heteroatoms. The Labute approximate surface area is 176 Å². The number of nitrogens with one attached hydrogen (secondary N) is 3. The second-order valence-corrected chi connectivity index (χ2v) is 7.15. The second-order valence-electron chi connectivity index (χ2n) is 6.17. The summed E-state index contributed by atoms with van der Waals surface area (Å²) < 4.78 is 0. The van der Waals surface area contributed by atoms with Crippen molar-refractivity contribution in [2.75, 3.05) is 18.6 Å². The molecule has 9 N–H and O–H groups in total. The molecule has 0 bridgehead atoms. The number of carbonyl (C=O) groups excluding carboxylic acids is 4. The van der Waals surface area contributed by atoms with Gasteiger partial charge in [0.1, 0.15) is 18.1 Å². The summed E-state index contributed by atoms with van der Waals surface area (Å²) in [7, 11) is 0. The molecule has 170 valence electrons. The molecule has 3 unspecified atom stereocenters. The maximum Gasteiger partial charge on any atom is 0.326 e. The zero-order valence-corrected chi connectivity index (χ0v) is 17.2. The Kier molecular flexibility index (Phi) is 12.8. The van der Waals surface area contributed by atoms with Gasteiger partial charge in [-0.05, 0) is 24.9 Å². The molecule has 13 nitrogen and oxygen atoms in total. The molecule has 0 saturated heterocycles. The number of rotatable bonds is 15. The van der Waals surface area contributed by atoms with Crippen LogP contribution in [0, 0.1) is 0 Å². The normalized spacial score (nSPS) is 13.4. The maximum absolute atomic E-state index is 12.5. The Bertz CT molecular complexity index is 660. The van der Waals surface area contributed by atoms with Crippen molar-refractivity contribution in [1.29, 1.82) is 0 Å². The SMILES string of the molecule is CSCCC(NC(=O)C(CCC(N)=O)NC(=O)C(CC(=O)O)NC(=O)CN)C(=O)O. The van der Waals surface area contributed by atoms with Crippen LogP contribution in [0.15, 0.2) is 0 Å². The van der Waals surface area contributed by atoms with Gasteiger partial charge in [0.05, 0.1) is 13.0 Å². The molecule has 0 aromatic heterocycles. The third-order valence-corrected chi connectivity index (χ3v) is 4.40. The van der Waals surface area contributed by atoms with E-state index in [-0.39, 0.29) is 19.3 Å². The van der Waals surface area contributed by atoms with Crippen LogP contribution in [0.2, 0.25) is 0 Å². The summed E-state index contributed by atoms with van der Waals surface area (Å²) in [6.45, 7) is -0.495. The van der Waals surface area contributed by atoms with Gasteiger partial charge < -0.3 is 37.6 Å². The minimum atomic E-state index is -1.53. The molecule has 0 aliphatic heterocycles. The summed E-state index contributed by atoms with van der Waals surface area (Å²) in [5, 5.41) is 24.8. The number of nitrogens with two attached hydrogens (primary N) is 2. The fourth-order valence-corrected chi connectivity index (χ4v) is 2.70. The van der Waals surface area contributed by atoms with Crippen LogP contribution in [-0.4, -0.2) is 82.5 Å². The monoisotopic (exact) mass is 449 g/mol. The van der Waals surface area contributed by atoms with Gasteiger partial charge in [0.15, 0.2) is 0 Å². The Balaban J connectivity index is 5.40. The van der Waals surface area contributed by atoms with Gasteiger partial charge in [0.25, 0.3) is 0 Å². The van der Waals surface area contributed by atoms with E-state index in [1.807, 2.05) is 0 Å². The van der Waals surface area contributed by atoms with Gasteiger partial charge >= 0.3 is 11.9 Å². The molecule has 0 heterocycles. The number of hydrogen-bond donors (Lipinski definition) is 7. The molecular formula is C16H27N5O8S. The van der Waals surface area contributed by atoms with Crippen molar-refractivity contribution in [3.63, 3.8) is 0 Å². The van der Waals surface area contributed by atoms with Gasteiger partial charge in [0.2, 0.25) is 23.6 Å². The molecule has 0 saturated carbocycles. The highest BCUT2D eigenvalue weighted by molar-refractivity contribution is 7.98. The number of amides is 4.